The number of hydrogen-bond acceptors (Lipinski definition) is 4. The minimum Gasteiger partial charge on any atom is -0.497 e. The van der Waals surface area contributed by atoms with E-state index >= 15 is 0 Å². The van der Waals surface area contributed by atoms with E-state index in [-0.39, 0.29) is 24.2 Å². The van der Waals surface area contributed by atoms with E-state index in [2.05, 4.69) is 27.3 Å². The number of carbonyl (C=O) groups is 1. The van der Waals surface area contributed by atoms with Crippen molar-refractivity contribution in [2.75, 3.05) is 27.2 Å². The van der Waals surface area contributed by atoms with Gasteiger partial charge in [0.05, 0.1) is 7.11 Å². The number of ether oxygens (including phenoxy) is 2. The summed E-state index contributed by atoms with van der Waals surface area (Å²) in [6.45, 7) is 0.618. The molecule has 0 radical (unpaired) electrons. The van der Waals surface area contributed by atoms with E-state index in [0.717, 1.165) is 19.4 Å². The number of nitrogens with zero attached hydrogens (tertiary/aromatic N) is 2. The van der Waals surface area contributed by atoms with Gasteiger partial charge in [0.2, 0.25) is 5.91 Å². The lowest BCUT2D eigenvalue weighted by atomic mass is 10.0. The largest absolute Gasteiger partial charge is 0.497 e. The van der Waals surface area contributed by atoms with E-state index in [1.54, 1.807) is 19.2 Å². The zero-order chi connectivity index (χ0) is 21.2. The van der Waals surface area contributed by atoms with Gasteiger partial charge in [-0.2, -0.15) is 8.78 Å². The van der Waals surface area contributed by atoms with Crippen molar-refractivity contribution in [2.45, 2.75) is 51.8 Å². The molecule has 2 rings (SSSR count). The minimum absolute atomic E-state index is 0.0676. The first-order valence-electron chi connectivity index (χ1n) is 9.80. The van der Waals surface area contributed by atoms with Crippen molar-refractivity contribution < 1.29 is 23.0 Å². The zero-order valence-corrected chi connectivity index (χ0v) is 17.2. The number of benzene rings is 1. The summed E-state index contributed by atoms with van der Waals surface area (Å²) < 4.78 is 35.0. The number of likely N-dealkylation sites (tertiary alicyclic amines) is 1. The fourth-order valence-corrected chi connectivity index (χ4v) is 3.33. The molecule has 9 heteroatoms. The van der Waals surface area contributed by atoms with Gasteiger partial charge in [0.25, 0.3) is 0 Å². The molecule has 1 aromatic carbocycles. The predicted molar refractivity (Wildman–Crippen MR) is 107 cm³/mol. The van der Waals surface area contributed by atoms with Crippen LogP contribution in [0.15, 0.2) is 23.2 Å². The number of halogens is 2. The van der Waals surface area contributed by atoms with E-state index in [9.17, 15) is 13.6 Å². The Hall–Kier alpha value is -2.58. The van der Waals surface area contributed by atoms with Crippen LogP contribution in [-0.2, 0) is 11.3 Å². The molecule has 1 heterocycles. The normalized spacial score (nSPS) is 17.2. The Labute approximate surface area is 170 Å². The first kappa shape index (κ1) is 22.7. The van der Waals surface area contributed by atoms with Gasteiger partial charge in [-0.05, 0) is 44.4 Å². The smallest absolute Gasteiger partial charge is 0.387 e. The molecular weight excluding hydrogens is 382 g/mol. The van der Waals surface area contributed by atoms with Crippen molar-refractivity contribution in [1.29, 1.82) is 0 Å². The van der Waals surface area contributed by atoms with E-state index in [1.165, 1.54) is 19.6 Å². The van der Waals surface area contributed by atoms with Gasteiger partial charge in [-0.25, -0.2) is 0 Å². The van der Waals surface area contributed by atoms with Crippen molar-refractivity contribution >= 4 is 11.9 Å². The van der Waals surface area contributed by atoms with Crippen LogP contribution >= 0.6 is 0 Å². The SMILES string of the molecule is CN=C(NCCC(=O)N1CCCCC1C)NCc1cc(OC)ccc1OC(F)F. The molecule has 7 nitrogen and oxygen atoms in total. The Morgan fingerprint density at radius 3 is 2.79 bits per heavy atom. The molecule has 1 saturated heterocycles. The van der Waals surface area contributed by atoms with E-state index in [4.69, 9.17) is 4.74 Å². The van der Waals surface area contributed by atoms with Gasteiger partial charge in [-0.3, -0.25) is 9.79 Å². The topological polar surface area (TPSA) is 75.2 Å². The Balaban J connectivity index is 1.86. The van der Waals surface area contributed by atoms with Crippen LogP contribution in [-0.4, -0.2) is 56.7 Å². The monoisotopic (exact) mass is 412 g/mol. The van der Waals surface area contributed by atoms with Crippen molar-refractivity contribution in [3.8, 4) is 11.5 Å². The summed E-state index contributed by atoms with van der Waals surface area (Å²) in [5.41, 5.74) is 0.505. The highest BCUT2D eigenvalue weighted by Crippen LogP contribution is 2.25. The molecule has 0 aliphatic carbocycles. The third-order valence-corrected chi connectivity index (χ3v) is 4.91. The number of alkyl halides is 2. The Morgan fingerprint density at radius 2 is 2.14 bits per heavy atom. The number of guanidine groups is 1. The highest BCUT2D eigenvalue weighted by atomic mass is 19.3. The van der Waals surface area contributed by atoms with Crippen LogP contribution in [0.5, 0.6) is 11.5 Å². The second kappa shape index (κ2) is 11.4. The molecule has 0 saturated carbocycles. The van der Waals surface area contributed by atoms with Gasteiger partial charge in [0.15, 0.2) is 5.96 Å². The van der Waals surface area contributed by atoms with Gasteiger partial charge in [-0.1, -0.05) is 0 Å². The second-order valence-corrected chi connectivity index (χ2v) is 6.89. The third kappa shape index (κ3) is 7.07. The van der Waals surface area contributed by atoms with Crippen LogP contribution in [0.3, 0.4) is 0 Å². The predicted octanol–water partition coefficient (Wildman–Crippen LogP) is 2.75. The Bertz CT molecular complexity index is 700. The second-order valence-electron chi connectivity index (χ2n) is 6.89. The summed E-state index contributed by atoms with van der Waals surface area (Å²) in [6.07, 6.45) is 3.63. The lowest BCUT2D eigenvalue weighted by molar-refractivity contribution is -0.134. The Kier molecular flexibility index (Phi) is 8.95. The van der Waals surface area contributed by atoms with Crippen molar-refractivity contribution in [3.63, 3.8) is 0 Å². The highest BCUT2D eigenvalue weighted by molar-refractivity contribution is 5.81. The number of rotatable bonds is 8. The summed E-state index contributed by atoms with van der Waals surface area (Å²) in [5, 5.41) is 6.13. The van der Waals surface area contributed by atoms with Gasteiger partial charge >= 0.3 is 6.61 Å². The average Bonchev–Trinajstić information content (AvgIpc) is 2.71. The molecule has 29 heavy (non-hydrogen) atoms. The van der Waals surface area contributed by atoms with E-state index in [0.29, 0.717) is 30.2 Å². The molecule has 1 atom stereocenters. The fourth-order valence-electron chi connectivity index (χ4n) is 3.33. The van der Waals surface area contributed by atoms with Crippen LogP contribution in [0.25, 0.3) is 0 Å². The highest BCUT2D eigenvalue weighted by Gasteiger charge is 2.22. The van der Waals surface area contributed by atoms with Crippen molar-refractivity contribution in [1.82, 2.24) is 15.5 Å². The third-order valence-electron chi connectivity index (χ3n) is 4.91. The van der Waals surface area contributed by atoms with Crippen LogP contribution in [0.2, 0.25) is 0 Å². The molecule has 2 N–H and O–H groups in total. The molecule has 1 aromatic rings. The molecular formula is C20H30F2N4O3. The molecule has 162 valence electrons. The number of amides is 1. The van der Waals surface area contributed by atoms with Crippen LogP contribution < -0.4 is 20.1 Å². The molecule has 0 bridgehead atoms. The lowest BCUT2D eigenvalue weighted by Crippen LogP contribution is -2.44. The number of hydrogen-bond donors (Lipinski definition) is 2. The van der Waals surface area contributed by atoms with Gasteiger partial charge in [-0.15, -0.1) is 0 Å². The summed E-state index contributed by atoms with van der Waals surface area (Å²) in [6, 6.07) is 4.91. The Morgan fingerprint density at radius 1 is 1.34 bits per heavy atom. The summed E-state index contributed by atoms with van der Waals surface area (Å²) in [5.74, 6) is 1.20. The summed E-state index contributed by atoms with van der Waals surface area (Å²) in [7, 11) is 3.10. The maximum Gasteiger partial charge on any atom is 0.387 e. The van der Waals surface area contributed by atoms with E-state index < -0.39 is 6.61 Å². The first-order chi connectivity index (χ1) is 13.9. The minimum atomic E-state index is -2.91. The van der Waals surface area contributed by atoms with Crippen LogP contribution in [0.1, 0.15) is 38.2 Å². The number of piperidine rings is 1. The van der Waals surface area contributed by atoms with Crippen molar-refractivity contribution in [3.05, 3.63) is 23.8 Å². The maximum atomic E-state index is 12.6. The summed E-state index contributed by atoms with van der Waals surface area (Å²) >= 11 is 0. The number of aliphatic imine (C=N–C) groups is 1. The van der Waals surface area contributed by atoms with Crippen LogP contribution in [0, 0.1) is 0 Å². The molecule has 1 unspecified atom stereocenters. The molecule has 1 aliphatic rings. The van der Waals surface area contributed by atoms with Gasteiger partial charge in [0, 0.05) is 44.7 Å². The van der Waals surface area contributed by atoms with Gasteiger partial charge < -0.3 is 25.0 Å². The first-order valence-corrected chi connectivity index (χ1v) is 9.80. The lowest BCUT2D eigenvalue weighted by Gasteiger charge is -2.33. The maximum absolute atomic E-state index is 12.6. The number of carbonyl (C=O) groups excluding carboxylic acids is 1. The molecule has 1 fully saturated rings. The zero-order valence-electron chi connectivity index (χ0n) is 17.2. The molecule has 1 aliphatic heterocycles. The average molecular weight is 412 g/mol. The summed E-state index contributed by atoms with van der Waals surface area (Å²) in [4.78, 5) is 18.4. The molecule has 0 spiro atoms. The standard InChI is InChI=1S/C20H30F2N4O3/c1-14-6-4-5-11-26(14)18(27)9-10-24-20(23-2)25-13-15-12-16(28-3)7-8-17(15)29-19(21)22/h7-8,12,14,19H,4-6,9-11,13H2,1-3H3,(H2,23,24,25). The van der Waals surface area contributed by atoms with Crippen LogP contribution in [0.4, 0.5) is 8.78 Å². The quantitative estimate of drug-likeness (QED) is 0.507. The van der Waals surface area contributed by atoms with E-state index in [1.807, 2.05) is 4.90 Å². The van der Waals surface area contributed by atoms with Crippen molar-refractivity contribution in [2.24, 2.45) is 4.99 Å². The van der Waals surface area contributed by atoms with Gasteiger partial charge in [0.1, 0.15) is 11.5 Å². The molecule has 1 amide bonds. The number of nitrogens with one attached hydrogen (secondary N) is 2. The number of methoxy groups -OCH3 is 1. The fraction of sp³-hybridized carbons (Fsp3) is 0.600. The molecule has 0 aromatic heterocycles.